The summed E-state index contributed by atoms with van der Waals surface area (Å²) < 4.78 is 13.0. The lowest BCUT2D eigenvalue weighted by molar-refractivity contribution is 0.632. The predicted octanol–water partition coefficient (Wildman–Crippen LogP) is 3.39. The van der Waals surface area contributed by atoms with E-state index in [4.69, 9.17) is 17.3 Å². The van der Waals surface area contributed by atoms with Gasteiger partial charge in [0.15, 0.2) is 0 Å². The number of anilines is 1. The lowest BCUT2D eigenvalue weighted by atomic mass is 10.1. The highest BCUT2D eigenvalue weighted by molar-refractivity contribution is 7.80. The van der Waals surface area contributed by atoms with Gasteiger partial charge in [-0.1, -0.05) is 23.8 Å². The van der Waals surface area contributed by atoms with Crippen molar-refractivity contribution in [3.8, 4) is 0 Å². The fourth-order valence-electron chi connectivity index (χ4n) is 0.990. The van der Waals surface area contributed by atoms with Gasteiger partial charge in [-0.3, -0.25) is 0 Å². The summed E-state index contributed by atoms with van der Waals surface area (Å²) in [6.07, 6.45) is 4.48. The third kappa shape index (κ3) is 2.93. The molecule has 1 nitrogen and oxygen atoms in total. The van der Waals surface area contributed by atoms with Crippen LogP contribution in [0.1, 0.15) is 12.0 Å². The summed E-state index contributed by atoms with van der Waals surface area (Å²) in [4.78, 5) is 0. The Bertz CT molecular complexity index is 352. The number of hydrogen-bond acceptors (Lipinski definition) is 2. The van der Waals surface area contributed by atoms with Gasteiger partial charge in [-0.05, 0) is 29.9 Å². The maximum atomic E-state index is 13.0. The first-order valence-electron chi connectivity index (χ1n) is 4.17. The minimum atomic E-state index is -0.445. The van der Waals surface area contributed by atoms with Crippen molar-refractivity contribution >= 4 is 36.0 Å². The normalized spacial score (nSPS) is 11.1. The van der Waals surface area contributed by atoms with E-state index in [0.29, 0.717) is 10.6 Å². The summed E-state index contributed by atoms with van der Waals surface area (Å²) in [6.45, 7) is 0. The molecule has 0 amide bonds. The number of nitrogens with two attached hydrogens (primary N) is 1. The average Bonchev–Trinajstić information content (AvgIpc) is 2.14. The molecular formula is C10H11ClFNS. The van der Waals surface area contributed by atoms with Gasteiger partial charge in [-0.2, -0.15) is 12.6 Å². The molecule has 76 valence electrons. The molecule has 0 bridgehead atoms. The summed E-state index contributed by atoms with van der Waals surface area (Å²) in [6, 6.07) is 2.74. The zero-order valence-electron chi connectivity index (χ0n) is 7.50. The lowest BCUT2D eigenvalue weighted by Gasteiger charge is -2.01. The highest BCUT2D eigenvalue weighted by Gasteiger charge is 2.03. The van der Waals surface area contributed by atoms with E-state index in [1.165, 1.54) is 12.1 Å². The van der Waals surface area contributed by atoms with Crippen LogP contribution < -0.4 is 5.73 Å². The van der Waals surface area contributed by atoms with Crippen LogP contribution in [0.2, 0.25) is 5.02 Å². The van der Waals surface area contributed by atoms with E-state index in [0.717, 1.165) is 12.2 Å². The van der Waals surface area contributed by atoms with E-state index in [9.17, 15) is 4.39 Å². The molecule has 1 aromatic rings. The van der Waals surface area contributed by atoms with E-state index < -0.39 is 5.82 Å². The van der Waals surface area contributed by atoms with Crippen molar-refractivity contribution in [2.45, 2.75) is 6.42 Å². The highest BCUT2D eigenvalue weighted by atomic mass is 35.5. The SMILES string of the molecule is Nc1cc(Cl)c(C=CCCS)cc1F. The Labute approximate surface area is 93.2 Å². The van der Waals surface area contributed by atoms with Crippen LogP contribution >= 0.6 is 24.2 Å². The maximum Gasteiger partial charge on any atom is 0.146 e. The molecule has 14 heavy (non-hydrogen) atoms. The van der Waals surface area contributed by atoms with E-state index in [-0.39, 0.29) is 5.69 Å². The molecule has 4 heteroatoms. The number of rotatable bonds is 3. The standard InChI is InChI=1S/C10H11ClFNS/c11-8-6-10(13)9(12)5-7(8)3-1-2-4-14/h1,3,5-6,14H,2,4,13H2. The molecule has 0 radical (unpaired) electrons. The van der Waals surface area contributed by atoms with Crippen molar-refractivity contribution in [1.82, 2.24) is 0 Å². The smallest absolute Gasteiger partial charge is 0.146 e. The summed E-state index contributed by atoms with van der Waals surface area (Å²) in [5.74, 6) is 0.311. The fraction of sp³-hybridized carbons (Fsp3) is 0.200. The Kier molecular flexibility index (Phi) is 4.29. The molecule has 0 heterocycles. The van der Waals surface area contributed by atoms with E-state index >= 15 is 0 Å². The Balaban J connectivity index is 2.92. The van der Waals surface area contributed by atoms with Gasteiger partial charge >= 0.3 is 0 Å². The van der Waals surface area contributed by atoms with Crippen molar-refractivity contribution < 1.29 is 4.39 Å². The van der Waals surface area contributed by atoms with Gasteiger partial charge < -0.3 is 5.73 Å². The monoisotopic (exact) mass is 231 g/mol. The fourth-order valence-corrected chi connectivity index (χ4v) is 1.37. The Hall–Kier alpha value is -0.670. The zero-order valence-corrected chi connectivity index (χ0v) is 9.15. The van der Waals surface area contributed by atoms with Crippen LogP contribution in [0.5, 0.6) is 0 Å². The molecule has 2 N–H and O–H groups in total. The number of thiol groups is 1. The first-order chi connectivity index (χ1) is 6.65. The number of allylic oxidation sites excluding steroid dienone is 1. The molecule has 0 saturated carbocycles. The molecular weight excluding hydrogens is 221 g/mol. The summed E-state index contributed by atoms with van der Waals surface area (Å²) in [5, 5.41) is 0.458. The second-order valence-electron chi connectivity index (χ2n) is 2.81. The minimum Gasteiger partial charge on any atom is -0.396 e. The van der Waals surface area contributed by atoms with Crippen LogP contribution in [-0.4, -0.2) is 5.75 Å². The number of benzene rings is 1. The number of hydrogen-bond donors (Lipinski definition) is 2. The van der Waals surface area contributed by atoms with E-state index in [1.807, 2.05) is 6.08 Å². The summed E-state index contributed by atoms with van der Waals surface area (Å²) in [7, 11) is 0. The Morgan fingerprint density at radius 1 is 1.50 bits per heavy atom. The quantitative estimate of drug-likeness (QED) is 0.605. The highest BCUT2D eigenvalue weighted by Crippen LogP contribution is 2.23. The number of nitrogen functional groups attached to an aromatic ring is 1. The first kappa shape index (κ1) is 11.4. The largest absolute Gasteiger partial charge is 0.396 e. The van der Waals surface area contributed by atoms with Crippen LogP contribution in [-0.2, 0) is 0 Å². The van der Waals surface area contributed by atoms with E-state index in [2.05, 4.69) is 12.6 Å². The van der Waals surface area contributed by atoms with E-state index in [1.54, 1.807) is 6.08 Å². The van der Waals surface area contributed by atoms with Crippen LogP contribution in [0.3, 0.4) is 0 Å². The minimum absolute atomic E-state index is 0.0707. The molecule has 0 atom stereocenters. The lowest BCUT2D eigenvalue weighted by Crippen LogP contribution is -1.91. The van der Waals surface area contributed by atoms with Crippen LogP contribution in [0.4, 0.5) is 10.1 Å². The van der Waals surface area contributed by atoms with Gasteiger partial charge in [-0.15, -0.1) is 0 Å². The van der Waals surface area contributed by atoms with Crippen molar-refractivity contribution in [2.75, 3.05) is 11.5 Å². The first-order valence-corrected chi connectivity index (χ1v) is 5.18. The van der Waals surface area contributed by atoms with Crippen molar-refractivity contribution in [1.29, 1.82) is 0 Å². The van der Waals surface area contributed by atoms with Crippen molar-refractivity contribution in [2.24, 2.45) is 0 Å². The van der Waals surface area contributed by atoms with Gasteiger partial charge in [0.05, 0.1) is 10.7 Å². The molecule has 0 aromatic heterocycles. The van der Waals surface area contributed by atoms with Crippen LogP contribution in [0.25, 0.3) is 6.08 Å². The van der Waals surface area contributed by atoms with Crippen LogP contribution in [0.15, 0.2) is 18.2 Å². The molecule has 1 rings (SSSR count). The van der Waals surface area contributed by atoms with Crippen LogP contribution in [0, 0.1) is 5.82 Å². The second-order valence-corrected chi connectivity index (χ2v) is 3.66. The Morgan fingerprint density at radius 2 is 2.21 bits per heavy atom. The van der Waals surface area contributed by atoms with Gasteiger partial charge in [-0.25, -0.2) is 4.39 Å². The molecule has 0 unspecified atom stereocenters. The van der Waals surface area contributed by atoms with Gasteiger partial charge in [0.2, 0.25) is 0 Å². The van der Waals surface area contributed by atoms with Crippen molar-refractivity contribution in [3.05, 3.63) is 34.6 Å². The maximum absolute atomic E-state index is 13.0. The molecule has 0 aliphatic rings. The summed E-state index contributed by atoms with van der Waals surface area (Å²) >= 11 is 9.91. The van der Waals surface area contributed by atoms with Gasteiger partial charge in [0.1, 0.15) is 5.82 Å². The molecule has 0 aliphatic heterocycles. The topological polar surface area (TPSA) is 26.0 Å². The average molecular weight is 232 g/mol. The molecule has 0 fully saturated rings. The molecule has 1 aromatic carbocycles. The van der Waals surface area contributed by atoms with Gasteiger partial charge in [0.25, 0.3) is 0 Å². The third-order valence-corrected chi connectivity index (χ3v) is 2.29. The molecule has 0 spiro atoms. The Morgan fingerprint density at radius 3 is 2.86 bits per heavy atom. The number of halogens is 2. The summed E-state index contributed by atoms with van der Waals surface area (Å²) in [5.41, 5.74) is 6.06. The predicted molar refractivity (Wildman–Crippen MR) is 63.3 cm³/mol. The zero-order chi connectivity index (χ0) is 10.6. The van der Waals surface area contributed by atoms with Crippen molar-refractivity contribution in [3.63, 3.8) is 0 Å². The molecule has 0 saturated heterocycles. The molecule has 0 aliphatic carbocycles. The third-order valence-electron chi connectivity index (χ3n) is 1.71. The van der Waals surface area contributed by atoms with Gasteiger partial charge in [0, 0.05) is 0 Å². The second kappa shape index (κ2) is 5.27.